The molecule has 0 radical (unpaired) electrons. The van der Waals surface area contributed by atoms with Crippen molar-refractivity contribution in [3.8, 4) is 6.07 Å². The summed E-state index contributed by atoms with van der Waals surface area (Å²) in [7, 11) is 1.35. The highest BCUT2D eigenvalue weighted by Gasteiger charge is 2.20. The summed E-state index contributed by atoms with van der Waals surface area (Å²) in [6, 6.07) is 3.56. The summed E-state index contributed by atoms with van der Waals surface area (Å²) in [5.41, 5.74) is -0.0220. The molecule has 102 valence electrons. The number of hydrogen-bond donors (Lipinski definition) is 0. The topological polar surface area (TPSA) is 79.1 Å². The van der Waals surface area contributed by atoms with E-state index in [0.717, 1.165) is 0 Å². The monoisotopic (exact) mass is 262 g/mol. The molecule has 0 amide bonds. The van der Waals surface area contributed by atoms with Crippen molar-refractivity contribution < 1.29 is 9.53 Å². The van der Waals surface area contributed by atoms with Crippen LogP contribution in [-0.4, -0.2) is 36.1 Å². The highest BCUT2D eigenvalue weighted by Crippen LogP contribution is 2.19. The third-order valence-corrected chi connectivity index (χ3v) is 2.28. The van der Waals surface area contributed by atoms with E-state index >= 15 is 0 Å². The zero-order valence-electron chi connectivity index (χ0n) is 11.7. The number of carbonyl (C=O) groups excluding carboxylic acids is 1. The highest BCUT2D eigenvalue weighted by molar-refractivity contribution is 5.75. The fraction of sp³-hybridized carbons (Fsp3) is 0.538. The number of nitrogens with zero attached hydrogens (tertiary/aromatic N) is 4. The molecule has 19 heavy (non-hydrogen) atoms. The lowest BCUT2D eigenvalue weighted by Gasteiger charge is -2.29. The summed E-state index contributed by atoms with van der Waals surface area (Å²) in [5.74, 6) is 0.287. The second kappa shape index (κ2) is 6.14. The Kier molecular flexibility index (Phi) is 4.81. The number of esters is 1. The third kappa shape index (κ3) is 4.92. The minimum atomic E-state index is -0.346. The minimum Gasteiger partial charge on any atom is -0.468 e. The van der Waals surface area contributed by atoms with Crippen LogP contribution in [0, 0.1) is 16.7 Å². The molecule has 6 nitrogen and oxygen atoms in total. The number of carbonyl (C=O) groups is 1. The molecule has 0 bridgehead atoms. The summed E-state index contributed by atoms with van der Waals surface area (Å²) in [4.78, 5) is 21.2. The normalized spacial score (nSPS) is 10.7. The molecule has 0 saturated carbocycles. The summed E-state index contributed by atoms with van der Waals surface area (Å²) in [5, 5.41) is 8.82. The van der Waals surface area contributed by atoms with Crippen molar-refractivity contribution in [3.05, 3.63) is 18.1 Å². The molecule has 1 aromatic rings. The van der Waals surface area contributed by atoms with E-state index in [1.807, 2.05) is 6.07 Å². The second-order valence-electron chi connectivity index (χ2n) is 5.34. The summed E-state index contributed by atoms with van der Waals surface area (Å²) >= 11 is 0. The predicted molar refractivity (Wildman–Crippen MR) is 70.4 cm³/mol. The van der Waals surface area contributed by atoms with Gasteiger partial charge in [0.2, 0.25) is 5.82 Å². The number of nitriles is 1. The first-order valence-electron chi connectivity index (χ1n) is 5.90. The fourth-order valence-corrected chi connectivity index (χ4v) is 1.59. The standard InChI is InChI=1S/C13H18N4O2/c1-13(2,3)9-17(8-12(18)19-4)11-5-6-15-10(7-14)16-11/h5-6H,8-9H2,1-4H3. The maximum absolute atomic E-state index is 11.5. The van der Waals surface area contributed by atoms with Crippen molar-refractivity contribution in [1.82, 2.24) is 9.97 Å². The summed E-state index contributed by atoms with van der Waals surface area (Å²) in [6.45, 7) is 6.89. The van der Waals surface area contributed by atoms with Crippen LogP contribution >= 0.6 is 0 Å². The van der Waals surface area contributed by atoms with Crippen LogP contribution < -0.4 is 4.90 Å². The van der Waals surface area contributed by atoms with Crippen molar-refractivity contribution in [1.29, 1.82) is 5.26 Å². The lowest BCUT2D eigenvalue weighted by atomic mass is 9.96. The van der Waals surface area contributed by atoms with E-state index in [2.05, 4.69) is 35.5 Å². The molecular formula is C13H18N4O2. The average molecular weight is 262 g/mol. The molecule has 0 fully saturated rings. The molecule has 1 rings (SSSR count). The number of hydrogen-bond acceptors (Lipinski definition) is 6. The molecule has 0 aliphatic carbocycles. The van der Waals surface area contributed by atoms with Crippen LogP contribution in [0.3, 0.4) is 0 Å². The van der Waals surface area contributed by atoms with Crippen LogP contribution in [0.4, 0.5) is 5.82 Å². The molecule has 6 heteroatoms. The van der Waals surface area contributed by atoms with Gasteiger partial charge in [0.15, 0.2) is 0 Å². The van der Waals surface area contributed by atoms with Gasteiger partial charge in [-0.05, 0) is 11.5 Å². The van der Waals surface area contributed by atoms with E-state index in [1.165, 1.54) is 13.3 Å². The molecule has 1 heterocycles. The Bertz CT molecular complexity index is 488. The SMILES string of the molecule is COC(=O)CN(CC(C)(C)C)c1ccnc(C#N)n1. The Morgan fingerprint density at radius 2 is 2.21 bits per heavy atom. The van der Waals surface area contributed by atoms with Crippen molar-refractivity contribution in [2.45, 2.75) is 20.8 Å². The van der Waals surface area contributed by atoms with Gasteiger partial charge in [-0.25, -0.2) is 9.97 Å². The minimum absolute atomic E-state index is 0.0220. The molecule has 0 N–H and O–H groups in total. The van der Waals surface area contributed by atoms with Gasteiger partial charge in [-0.15, -0.1) is 0 Å². The first kappa shape index (κ1) is 14.9. The Morgan fingerprint density at radius 3 is 2.74 bits per heavy atom. The lowest BCUT2D eigenvalue weighted by molar-refractivity contribution is -0.139. The van der Waals surface area contributed by atoms with Gasteiger partial charge in [0.25, 0.3) is 0 Å². The van der Waals surface area contributed by atoms with Crippen molar-refractivity contribution in [3.63, 3.8) is 0 Å². The van der Waals surface area contributed by atoms with Gasteiger partial charge in [0.05, 0.1) is 7.11 Å². The van der Waals surface area contributed by atoms with Crippen LogP contribution in [-0.2, 0) is 9.53 Å². The van der Waals surface area contributed by atoms with E-state index in [9.17, 15) is 4.79 Å². The van der Waals surface area contributed by atoms with E-state index < -0.39 is 0 Å². The van der Waals surface area contributed by atoms with E-state index in [4.69, 9.17) is 5.26 Å². The number of aromatic nitrogens is 2. The van der Waals surface area contributed by atoms with Crippen LogP contribution in [0.5, 0.6) is 0 Å². The maximum Gasteiger partial charge on any atom is 0.325 e. The van der Waals surface area contributed by atoms with E-state index in [-0.39, 0.29) is 23.8 Å². The van der Waals surface area contributed by atoms with Gasteiger partial charge < -0.3 is 9.64 Å². The van der Waals surface area contributed by atoms with Gasteiger partial charge in [-0.1, -0.05) is 20.8 Å². The van der Waals surface area contributed by atoms with Gasteiger partial charge in [0.1, 0.15) is 18.4 Å². The van der Waals surface area contributed by atoms with Gasteiger partial charge in [-0.3, -0.25) is 4.79 Å². The molecular weight excluding hydrogens is 244 g/mol. The van der Waals surface area contributed by atoms with Crippen molar-refractivity contribution >= 4 is 11.8 Å². The summed E-state index contributed by atoms with van der Waals surface area (Å²) in [6.07, 6.45) is 1.51. The first-order valence-corrected chi connectivity index (χ1v) is 5.90. The number of anilines is 1. The van der Waals surface area contributed by atoms with Gasteiger partial charge >= 0.3 is 5.97 Å². The molecule has 0 unspecified atom stereocenters. The largest absolute Gasteiger partial charge is 0.468 e. The Labute approximate surface area is 113 Å². The molecule has 1 aromatic heterocycles. The second-order valence-corrected chi connectivity index (χ2v) is 5.34. The quantitative estimate of drug-likeness (QED) is 0.762. The molecule has 0 aromatic carbocycles. The number of methoxy groups -OCH3 is 1. The smallest absolute Gasteiger partial charge is 0.325 e. The van der Waals surface area contributed by atoms with E-state index in [1.54, 1.807) is 11.0 Å². The van der Waals surface area contributed by atoms with Crippen LogP contribution in [0.1, 0.15) is 26.6 Å². The molecule has 0 aliphatic rings. The average Bonchev–Trinajstić information content (AvgIpc) is 2.36. The van der Waals surface area contributed by atoms with Crippen molar-refractivity contribution in [2.75, 3.05) is 25.1 Å². The Morgan fingerprint density at radius 1 is 1.53 bits per heavy atom. The zero-order valence-corrected chi connectivity index (χ0v) is 11.7. The maximum atomic E-state index is 11.5. The van der Waals surface area contributed by atoms with Crippen molar-refractivity contribution in [2.24, 2.45) is 5.41 Å². The van der Waals surface area contributed by atoms with Gasteiger partial charge in [0, 0.05) is 12.7 Å². The summed E-state index contributed by atoms with van der Waals surface area (Å²) < 4.78 is 4.68. The molecule has 0 aliphatic heterocycles. The third-order valence-electron chi connectivity index (χ3n) is 2.28. The zero-order chi connectivity index (χ0) is 14.5. The lowest BCUT2D eigenvalue weighted by Crippen LogP contribution is -2.37. The molecule has 0 saturated heterocycles. The molecule has 0 atom stereocenters. The number of rotatable bonds is 4. The van der Waals surface area contributed by atoms with E-state index in [0.29, 0.717) is 12.4 Å². The Hall–Kier alpha value is -2.16. The fourth-order valence-electron chi connectivity index (χ4n) is 1.59. The van der Waals surface area contributed by atoms with Crippen LogP contribution in [0.2, 0.25) is 0 Å². The first-order chi connectivity index (χ1) is 8.85. The Balaban J connectivity index is 3.01. The van der Waals surface area contributed by atoms with Gasteiger partial charge in [-0.2, -0.15) is 5.26 Å². The predicted octanol–water partition coefficient (Wildman–Crippen LogP) is 1.37. The van der Waals surface area contributed by atoms with Crippen LogP contribution in [0.25, 0.3) is 0 Å². The molecule has 0 spiro atoms. The number of ether oxygens (including phenoxy) is 1. The highest BCUT2D eigenvalue weighted by atomic mass is 16.5. The van der Waals surface area contributed by atoms with Crippen LogP contribution in [0.15, 0.2) is 12.3 Å².